The van der Waals surface area contributed by atoms with Crippen LogP contribution in [0.2, 0.25) is 0 Å². The van der Waals surface area contributed by atoms with Crippen molar-refractivity contribution < 1.29 is 14.7 Å². The molecule has 0 spiro atoms. The third kappa shape index (κ3) is 6.83. The quantitative estimate of drug-likeness (QED) is 0.570. The molecule has 0 bridgehead atoms. The molecule has 0 heterocycles. The number of amides is 1. The Bertz CT molecular complexity index is 145. The number of carboxylic acid groups (broad SMARTS) is 1. The van der Waals surface area contributed by atoms with Crippen LogP contribution in [0.4, 0.5) is 0 Å². The Kier molecular flexibility index (Phi) is 5.15. The van der Waals surface area contributed by atoms with Crippen LogP contribution in [0.1, 0.15) is 26.2 Å². The number of hydrogen-bond donors (Lipinski definition) is 2. The lowest BCUT2D eigenvalue weighted by Crippen LogP contribution is -2.23. The van der Waals surface area contributed by atoms with Gasteiger partial charge in [0.25, 0.3) is 0 Å². The minimum Gasteiger partial charge on any atom is -0.481 e. The maximum atomic E-state index is 10.6. The van der Waals surface area contributed by atoms with Crippen molar-refractivity contribution in [1.29, 1.82) is 0 Å². The molecule has 0 rings (SSSR count). The number of rotatable bonds is 5. The molecule has 0 radical (unpaired) electrons. The van der Waals surface area contributed by atoms with Gasteiger partial charge in [0.2, 0.25) is 5.91 Å². The monoisotopic (exact) mass is 159 g/mol. The highest BCUT2D eigenvalue weighted by Gasteiger charge is 1.97. The van der Waals surface area contributed by atoms with Gasteiger partial charge in [0, 0.05) is 19.4 Å². The average Bonchev–Trinajstić information content (AvgIpc) is 1.97. The summed E-state index contributed by atoms with van der Waals surface area (Å²) in [6.07, 6.45) is 1.07. The average molecular weight is 159 g/mol. The minimum atomic E-state index is -0.823. The van der Waals surface area contributed by atoms with E-state index in [4.69, 9.17) is 5.11 Å². The molecule has 0 saturated carbocycles. The van der Waals surface area contributed by atoms with Gasteiger partial charge in [0.15, 0.2) is 0 Å². The Morgan fingerprint density at radius 3 is 2.55 bits per heavy atom. The molecule has 0 fully saturated rings. The number of hydrogen-bond acceptors (Lipinski definition) is 2. The molecule has 1 amide bonds. The Morgan fingerprint density at radius 2 is 2.09 bits per heavy atom. The molecule has 2 N–H and O–H groups in total. The SMILES string of the molecule is CCC(=O)NCCCC(=O)O. The van der Waals surface area contributed by atoms with Crippen LogP contribution in [0.3, 0.4) is 0 Å². The summed E-state index contributed by atoms with van der Waals surface area (Å²) in [5, 5.41) is 10.8. The Balaban J connectivity index is 3.14. The summed E-state index contributed by atoms with van der Waals surface area (Å²) in [7, 11) is 0. The molecule has 0 unspecified atom stereocenters. The summed E-state index contributed by atoms with van der Waals surface area (Å²) in [4.78, 5) is 20.6. The van der Waals surface area contributed by atoms with Gasteiger partial charge in [-0.05, 0) is 6.42 Å². The number of carbonyl (C=O) groups is 2. The highest BCUT2D eigenvalue weighted by molar-refractivity contribution is 5.75. The predicted octanol–water partition coefficient (Wildman–Crippen LogP) is 0.377. The molecule has 64 valence electrons. The van der Waals surface area contributed by atoms with E-state index in [0.717, 1.165) is 0 Å². The number of carbonyl (C=O) groups excluding carboxylic acids is 1. The van der Waals surface area contributed by atoms with Crippen molar-refractivity contribution in [2.24, 2.45) is 0 Å². The van der Waals surface area contributed by atoms with Crippen molar-refractivity contribution in [2.75, 3.05) is 6.54 Å². The van der Waals surface area contributed by atoms with Gasteiger partial charge >= 0.3 is 5.97 Å². The van der Waals surface area contributed by atoms with Crippen molar-refractivity contribution in [3.8, 4) is 0 Å². The number of carboxylic acids is 1. The van der Waals surface area contributed by atoms with Crippen LogP contribution in [0.15, 0.2) is 0 Å². The summed E-state index contributed by atoms with van der Waals surface area (Å²) in [6.45, 7) is 2.21. The van der Waals surface area contributed by atoms with E-state index in [1.165, 1.54) is 0 Å². The molecule has 4 heteroatoms. The number of aliphatic carboxylic acids is 1. The second-order valence-electron chi connectivity index (χ2n) is 2.20. The van der Waals surface area contributed by atoms with Crippen molar-refractivity contribution in [2.45, 2.75) is 26.2 Å². The first-order chi connectivity index (χ1) is 5.16. The van der Waals surface area contributed by atoms with E-state index in [-0.39, 0.29) is 12.3 Å². The van der Waals surface area contributed by atoms with Crippen molar-refractivity contribution >= 4 is 11.9 Å². The normalized spacial score (nSPS) is 9.18. The van der Waals surface area contributed by atoms with Crippen LogP contribution >= 0.6 is 0 Å². The highest BCUT2D eigenvalue weighted by Crippen LogP contribution is 1.86. The van der Waals surface area contributed by atoms with Crippen LogP contribution in [0.25, 0.3) is 0 Å². The van der Waals surface area contributed by atoms with Crippen LogP contribution in [-0.2, 0) is 9.59 Å². The Labute approximate surface area is 65.6 Å². The molecular weight excluding hydrogens is 146 g/mol. The molecule has 0 atom stereocenters. The smallest absolute Gasteiger partial charge is 0.303 e. The van der Waals surface area contributed by atoms with Crippen molar-refractivity contribution in [3.63, 3.8) is 0 Å². The second-order valence-corrected chi connectivity index (χ2v) is 2.20. The van der Waals surface area contributed by atoms with Gasteiger partial charge in [-0.1, -0.05) is 6.92 Å². The van der Waals surface area contributed by atoms with E-state index < -0.39 is 5.97 Å². The molecule has 0 aliphatic carbocycles. The number of nitrogens with one attached hydrogen (secondary N) is 1. The first-order valence-electron chi connectivity index (χ1n) is 3.65. The maximum absolute atomic E-state index is 10.6. The van der Waals surface area contributed by atoms with E-state index in [0.29, 0.717) is 19.4 Å². The third-order valence-electron chi connectivity index (χ3n) is 1.21. The minimum absolute atomic E-state index is 0.0320. The zero-order valence-electron chi connectivity index (χ0n) is 6.59. The maximum Gasteiger partial charge on any atom is 0.303 e. The van der Waals surface area contributed by atoms with Gasteiger partial charge in [0.05, 0.1) is 0 Å². The lowest BCUT2D eigenvalue weighted by Gasteiger charge is -1.99. The summed E-state index contributed by atoms with van der Waals surface area (Å²) < 4.78 is 0. The largest absolute Gasteiger partial charge is 0.481 e. The summed E-state index contributed by atoms with van der Waals surface area (Å²) in [5.74, 6) is -0.855. The van der Waals surface area contributed by atoms with Crippen LogP contribution in [0, 0.1) is 0 Å². The fraction of sp³-hybridized carbons (Fsp3) is 0.714. The first kappa shape index (κ1) is 9.94. The topological polar surface area (TPSA) is 66.4 Å². The van der Waals surface area contributed by atoms with Gasteiger partial charge in [-0.15, -0.1) is 0 Å². The molecule has 0 aromatic carbocycles. The van der Waals surface area contributed by atoms with Crippen molar-refractivity contribution in [1.82, 2.24) is 5.32 Å². The summed E-state index contributed by atoms with van der Waals surface area (Å²) >= 11 is 0. The highest BCUT2D eigenvalue weighted by atomic mass is 16.4. The Morgan fingerprint density at radius 1 is 1.45 bits per heavy atom. The van der Waals surface area contributed by atoms with E-state index >= 15 is 0 Å². The van der Waals surface area contributed by atoms with Crippen LogP contribution < -0.4 is 5.32 Å². The molecule has 0 saturated heterocycles. The van der Waals surface area contributed by atoms with Crippen molar-refractivity contribution in [3.05, 3.63) is 0 Å². The third-order valence-corrected chi connectivity index (χ3v) is 1.21. The molecule has 0 aromatic rings. The van der Waals surface area contributed by atoms with Gasteiger partial charge in [-0.2, -0.15) is 0 Å². The Hall–Kier alpha value is -1.06. The zero-order valence-corrected chi connectivity index (χ0v) is 6.59. The van der Waals surface area contributed by atoms with Gasteiger partial charge in [-0.3, -0.25) is 9.59 Å². The summed E-state index contributed by atoms with van der Waals surface area (Å²) in [5.41, 5.74) is 0. The van der Waals surface area contributed by atoms with E-state index in [1.807, 2.05) is 0 Å². The molecule has 0 aromatic heterocycles. The fourth-order valence-electron chi connectivity index (χ4n) is 0.592. The molecule has 4 nitrogen and oxygen atoms in total. The van der Waals surface area contributed by atoms with E-state index in [9.17, 15) is 9.59 Å². The van der Waals surface area contributed by atoms with E-state index in [2.05, 4.69) is 5.32 Å². The van der Waals surface area contributed by atoms with Crippen LogP contribution in [0.5, 0.6) is 0 Å². The fourth-order valence-corrected chi connectivity index (χ4v) is 0.592. The zero-order chi connectivity index (χ0) is 8.69. The predicted molar refractivity (Wildman–Crippen MR) is 40.2 cm³/mol. The molecule has 11 heavy (non-hydrogen) atoms. The molecular formula is C7H13NO3. The molecule has 0 aliphatic heterocycles. The second kappa shape index (κ2) is 5.70. The van der Waals surface area contributed by atoms with Gasteiger partial charge < -0.3 is 10.4 Å². The summed E-state index contributed by atoms with van der Waals surface area (Å²) in [6, 6.07) is 0. The molecule has 0 aliphatic rings. The first-order valence-corrected chi connectivity index (χ1v) is 3.65. The van der Waals surface area contributed by atoms with Gasteiger partial charge in [0.1, 0.15) is 0 Å². The van der Waals surface area contributed by atoms with Gasteiger partial charge in [-0.25, -0.2) is 0 Å². The lowest BCUT2D eigenvalue weighted by molar-refractivity contribution is -0.137. The van der Waals surface area contributed by atoms with Crippen LogP contribution in [-0.4, -0.2) is 23.5 Å². The van der Waals surface area contributed by atoms with E-state index in [1.54, 1.807) is 6.92 Å². The lowest BCUT2D eigenvalue weighted by atomic mass is 10.3. The standard InChI is InChI=1S/C7H13NO3/c1-2-6(9)8-5-3-4-7(10)11/h2-5H2,1H3,(H,8,9)(H,10,11).